The third kappa shape index (κ3) is 4.27. The Bertz CT molecular complexity index is 610. The number of phenols is 1. The van der Waals surface area contributed by atoms with Crippen LogP contribution in [0.15, 0.2) is 29.6 Å². The Morgan fingerprint density at radius 2 is 2.10 bits per heavy atom. The molecule has 0 saturated carbocycles. The number of nitrogens with one attached hydrogen (secondary N) is 1. The minimum absolute atomic E-state index is 0.151. The van der Waals surface area contributed by atoms with Crippen LogP contribution in [0.3, 0.4) is 0 Å². The van der Waals surface area contributed by atoms with Gasteiger partial charge in [0, 0.05) is 11.1 Å². The van der Waals surface area contributed by atoms with Crippen LogP contribution < -0.4 is 11.1 Å². The van der Waals surface area contributed by atoms with E-state index < -0.39 is 6.04 Å². The van der Waals surface area contributed by atoms with Crippen LogP contribution in [0.25, 0.3) is 0 Å². The lowest BCUT2D eigenvalue weighted by Crippen LogP contribution is -2.42. The van der Waals surface area contributed by atoms with Gasteiger partial charge in [0.1, 0.15) is 10.8 Å². The summed E-state index contributed by atoms with van der Waals surface area (Å²) >= 11 is 1.52. The minimum atomic E-state index is -0.627. The van der Waals surface area contributed by atoms with E-state index in [4.69, 9.17) is 5.73 Å². The average molecular weight is 305 g/mol. The van der Waals surface area contributed by atoms with Gasteiger partial charge in [-0.2, -0.15) is 0 Å². The molecule has 0 bridgehead atoms. The van der Waals surface area contributed by atoms with Crippen molar-refractivity contribution in [2.24, 2.45) is 5.73 Å². The van der Waals surface area contributed by atoms with Gasteiger partial charge in [-0.1, -0.05) is 12.1 Å². The van der Waals surface area contributed by atoms with E-state index in [1.54, 1.807) is 24.3 Å². The molecule has 1 aromatic heterocycles. The molecule has 1 aromatic carbocycles. The van der Waals surface area contributed by atoms with Crippen molar-refractivity contribution < 1.29 is 9.90 Å². The number of aromatic nitrogens is 1. The van der Waals surface area contributed by atoms with Crippen molar-refractivity contribution in [1.82, 2.24) is 10.3 Å². The molecule has 4 N–H and O–H groups in total. The van der Waals surface area contributed by atoms with Crippen molar-refractivity contribution in [2.75, 3.05) is 0 Å². The second kappa shape index (κ2) is 6.69. The summed E-state index contributed by atoms with van der Waals surface area (Å²) in [7, 11) is 0. The number of aromatic hydroxyl groups is 1. The molecule has 2 unspecified atom stereocenters. The maximum atomic E-state index is 12.1. The van der Waals surface area contributed by atoms with Crippen molar-refractivity contribution in [3.8, 4) is 5.75 Å². The van der Waals surface area contributed by atoms with E-state index >= 15 is 0 Å². The molecule has 1 heterocycles. The van der Waals surface area contributed by atoms with Gasteiger partial charge in [0.2, 0.25) is 5.91 Å². The molecule has 5 nitrogen and oxygen atoms in total. The first kappa shape index (κ1) is 15.5. The summed E-state index contributed by atoms with van der Waals surface area (Å²) in [5.74, 6) is -0.00652. The van der Waals surface area contributed by atoms with Gasteiger partial charge < -0.3 is 16.2 Å². The number of carbonyl (C=O) groups is 1. The molecular weight excluding hydrogens is 286 g/mol. The molecule has 2 rings (SSSR count). The summed E-state index contributed by atoms with van der Waals surface area (Å²) in [4.78, 5) is 16.4. The topological polar surface area (TPSA) is 88.2 Å². The van der Waals surface area contributed by atoms with E-state index in [0.29, 0.717) is 6.42 Å². The largest absolute Gasteiger partial charge is 0.508 e. The molecule has 0 saturated heterocycles. The Hall–Kier alpha value is -1.92. The lowest BCUT2D eigenvalue weighted by atomic mass is 10.1. The van der Waals surface area contributed by atoms with Gasteiger partial charge in [-0.15, -0.1) is 11.3 Å². The summed E-state index contributed by atoms with van der Waals surface area (Å²) in [6, 6.07) is 5.91. The normalized spacial score (nSPS) is 13.7. The second-order valence-corrected chi connectivity index (χ2v) is 5.92. The lowest BCUT2D eigenvalue weighted by Gasteiger charge is -2.16. The van der Waals surface area contributed by atoms with Crippen molar-refractivity contribution in [3.05, 3.63) is 45.9 Å². The summed E-state index contributed by atoms with van der Waals surface area (Å²) in [5, 5.41) is 14.9. The molecule has 1 amide bonds. The number of rotatable bonds is 5. The predicted octanol–water partition coefficient (Wildman–Crippen LogP) is 1.90. The molecule has 6 heteroatoms. The fourth-order valence-electron chi connectivity index (χ4n) is 1.93. The first-order chi connectivity index (χ1) is 9.95. The van der Waals surface area contributed by atoms with Crippen molar-refractivity contribution >= 4 is 17.2 Å². The zero-order chi connectivity index (χ0) is 15.4. The Balaban J connectivity index is 1.91. The average Bonchev–Trinajstić information content (AvgIpc) is 2.88. The fraction of sp³-hybridized carbons (Fsp3) is 0.333. The SMILES string of the molecule is Cc1csc(C(C)NC(=O)C(N)Cc2ccc(O)cc2)n1. The number of aryl methyl sites for hydroxylation is 1. The molecule has 0 aliphatic rings. The number of benzene rings is 1. The Morgan fingerprint density at radius 3 is 2.67 bits per heavy atom. The number of phenolic OH excluding ortho intramolecular Hbond substituents is 1. The molecule has 2 atom stereocenters. The molecule has 2 aromatic rings. The van der Waals surface area contributed by atoms with Crippen LogP contribution in [0.5, 0.6) is 5.75 Å². The molecule has 0 aliphatic heterocycles. The summed E-state index contributed by atoms with van der Waals surface area (Å²) in [5.41, 5.74) is 7.79. The first-order valence-corrected chi connectivity index (χ1v) is 7.59. The van der Waals surface area contributed by atoms with Gasteiger partial charge >= 0.3 is 0 Å². The second-order valence-electron chi connectivity index (χ2n) is 5.03. The maximum Gasteiger partial charge on any atom is 0.237 e. The number of nitrogens with zero attached hydrogens (tertiary/aromatic N) is 1. The van der Waals surface area contributed by atoms with Gasteiger partial charge in [0.15, 0.2) is 0 Å². The van der Waals surface area contributed by atoms with Crippen LogP contribution in [0.2, 0.25) is 0 Å². The zero-order valence-electron chi connectivity index (χ0n) is 12.0. The van der Waals surface area contributed by atoms with Crippen molar-refractivity contribution in [3.63, 3.8) is 0 Å². The summed E-state index contributed by atoms with van der Waals surface area (Å²) in [6.45, 7) is 3.81. The predicted molar refractivity (Wildman–Crippen MR) is 83.2 cm³/mol. The highest BCUT2D eigenvalue weighted by Gasteiger charge is 2.18. The quantitative estimate of drug-likeness (QED) is 0.787. The third-order valence-corrected chi connectivity index (χ3v) is 4.24. The van der Waals surface area contributed by atoms with E-state index in [1.807, 2.05) is 19.2 Å². The fourth-order valence-corrected chi connectivity index (χ4v) is 2.74. The van der Waals surface area contributed by atoms with Crippen LogP contribution >= 0.6 is 11.3 Å². The molecule has 0 spiro atoms. The van der Waals surface area contributed by atoms with Gasteiger partial charge in [0.25, 0.3) is 0 Å². The number of carbonyl (C=O) groups excluding carboxylic acids is 1. The summed E-state index contributed by atoms with van der Waals surface area (Å²) in [6.07, 6.45) is 0.426. The van der Waals surface area contributed by atoms with E-state index in [-0.39, 0.29) is 17.7 Å². The minimum Gasteiger partial charge on any atom is -0.508 e. The van der Waals surface area contributed by atoms with Gasteiger partial charge in [0.05, 0.1) is 12.1 Å². The van der Waals surface area contributed by atoms with Crippen molar-refractivity contribution in [2.45, 2.75) is 32.4 Å². The number of hydrogen-bond acceptors (Lipinski definition) is 5. The molecule has 0 fully saturated rings. The Morgan fingerprint density at radius 1 is 1.43 bits per heavy atom. The van der Waals surface area contributed by atoms with E-state index in [2.05, 4.69) is 10.3 Å². The number of thiazole rings is 1. The standard InChI is InChI=1S/C15H19N3O2S/c1-9-8-21-15(17-9)10(2)18-14(20)13(16)7-11-3-5-12(19)6-4-11/h3-6,8,10,13,19H,7,16H2,1-2H3,(H,18,20). The van der Waals surface area contributed by atoms with E-state index in [1.165, 1.54) is 11.3 Å². The Kier molecular flexibility index (Phi) is 4.93. The molecule has 112 valence electrons. The van der Waals surface area contributed by atoms with Crippen LogP contribution in [0, 0.1) is 6.92 Å². The first-order valence-electron chi connectivity index (χ1n) is 6.71. The highest BCUT2D eigenvalue weighted by Crippen LogP contribution is 2.17. The third-order valence-electron chi connectivity index (χ3n) is 3.09. The molecular formula is C15H19N3O2S. The van der Waals surface area contributed by atoms with E-state index in [0.717, 1.165) is 16.3 Å². The van der Waals surface area contributed by atoms with Gasteiger partial charge in [-0.25, -0.2) is 4.98 Å². The van der Waals surface area contributed by atoms with Gasteiger partial charge in [-0.3, -0.25) is 4.79 Å². The molecule has 21 heavy (non-hydrogen) atoms. The molecule has 0 radical (unpaired) electrons. The van der Waals surface area contributed by atoms with Crippen molar-refractivity contribution in [1.29, 1.82) is 0 Å². The van der Waals surface area contributed by atoms with Crippen LogP contribution in [0.1, 0.15) is 29.2 Å². The maximum absolute atomic E-state index is 12.1. The van der Waals surface area contributed by atoms with Gasteiger partial charge in [-0.05, 0) is 38.0 Å². The van der Waals surface area contributed by atoms with E-state index in [9.17, 15) is 9.90 Å². The highest BCUT2D eigenvalue weighted by atomic mass is 32.1. The smallest absolute Gasteiger partial charge is 0.237 e. The van der Waals surface area contributed by atoms with Crippen LogP contribution in [-0.2, 0) is 11.2 Å². The van der Waals surface area contributed by atoms with Crippen LogP contribution in [-0.4, -0.2) is 22.0 Å². The monoisotopic (exact) mass is 305 g/mol. The molecule has 0 aliphatic carbocycles. The highest BCUT2D eigenvalue weighted by molar-refractivity contribution is 7.09. The number of amides is 1. The number of nitrogens with two attached hydrogens (primary N) is 1. The number of hydrogen-bond donors (Lipinski definition) is 3. The summed E-state index contributed by atoms with van der Waals surface area (Å²) < 4.78 is 0. The lowest BCUT2D eigenvalue weighted by molar-refractivity contribution is -0.123. The zero-order valence-corrected chi connectivity index (χ0v) is 12.9. The Labute approximate surface area is 127 Å². The van der Waals surface area contributed by atoms with Crippen LogP contribution in [0.4, 0.5) is 0 Å².